The highest BCUT2D eigenvalue weighted by atomic mass is 19.1. The van der Waals surface area contributed by atoms with Gasteiger partial charge in [-0.3, -0.25) is 19.7 Å². The first-order chi connectivity index (χ1) is 17.3. The maximum Gasteiger partial charge on any atom is 0.269 e. The number of rotatable bonds is 4. The van der Waals surface area contributed by atoms with E-state index in [1.54, 1.807) is 39.0 Å². The minimum absolute atomic E-state index is 0.0595. The van der Waals surface area contributed by atoms with Crippen LogP contribution in [-0.4, -0.2) is 44.2 Å². The summed E-state index contributed by atoms with van der Waals surface area (Å²) in [5.74, 6) is -2.20. The number of fused-ring (bicyclic) bond motifs is 5. The number of amides is 1. The Balaban J connectivity index is 1.43. The first-order valence-corrected chi connectivity index (χ1v) is 12.8. The normalized spacial score (nSPS) is 42.3. The molecular formula is C28H33FN2O6. The molecule has 0 saturated heterocycles. The summed E-state index contributed by atoms with van der Waals surface area (Å²) in [6, 6.07) is 5.79. The van der Waals surface area contributed by atoms with Gasteiger partial charge in [0, 0.05) is 35.4 Å². The lowest BCUT2D eigenvalue weighted by Crippen LogP contribution is -2.70. The van der Waals surface area contributed by atoms with Crippen LogP contribution in [0.4, 0.5) is 10.1 Å². The fraction of sp³-hybridized carbons (Fsp3) is 0.571. The molecule has 5 rings (SSSR count). The highest BCUT2D eigenvalue weighted by Gasteiger charge is 2.75. The van der Waals surface area contributed by atoms with Crippen molar-refractivity contribution >= 4 is 17.4 Å². The maximum absolute atomic E-state index is 17.2. The molecule has 0 heterocycles. The number of halogens is 1. The van der Waals surface area contributed by atoms with Crippen molar-refractivity contribution in [3.8, 4) is 0 Å². The van der Waals surface area contributed by atoms with E-state index in [9.17, 15) is 29.9 Å². The molecule has 3 fully saturated rings. The maximum atomic E-state index is 17.2. The smallest absolute Gasteiger partial charge is 0.269 e. The van der Waals surface area contributed by atoms with E-state index in [1.165, 1.54) is 24.3 Å². The van der Waals surface area contributed by atoms with Crippen LogP contribution in [0.3, 0.4) is 0 Å². The second-order valence-electron chi connectivity index (χ2n) is 11.8. The number of carbonyl (C=O) groups is 2. The van der Waals surface area contributed by atoms with Crippen LogP contribution in [0, 0.1) is 38.7 Å². The minimum Gasteiger partial charge on any atom is -0.390 e. The summed E-state index contributed by atoms with van der Waals surface area (Å²) in [7, 11) is 0. The van der Waals surface area contributed by atoms with Gasteiger partial charge in [0.1, 0.15) is 0 Å². The molecule has 3 N–H and O–H groups in total. The molecule has 4 aliphatic carbocycles. The molecule has 8 unspecified atom stereocenters. The molecule has 198 valence electrons. The van der Waals surface area contributed by atoms with Crippen molar-refractivity contribution in [2.75, 3.05) is 0 Å². The van der Waals surface area contributed by atoms with Gasteiger partial charge in [0.2, 0.25) is 0 Å². The molecule has 8 nitrogen and oxygen atoms in total. The molecule has 1 aromatic rings. The lowest BCUT2D eigenvalue weighted by atomic mass is 9.44. The van der Waals surface area contributed by atoms with Crippen LogP contribution in [0.1, 0.15) is 52.0 Å². The fourth-order valence-electron chi connectivity index (χ4n) is 8.08. The molecule has 0 radical (unpaired) electrons. The summed E-state index contributed by atoms with van der Waals surface area (Å²) in [5.41, 5.74) is -4.81. The van der Waals surface area contributed by atoms with Gasteiger partial charge in [0.05, 0.1) is 11.0 Å². The van der Waals surface area contributed by atoms with Gasteiger partial charge in [-0.25, -0.2) is 4.39 Å². The number of nitro benzene ring substituents is 1. The zero-order valence-corrected chi connectivity index (χ0v) is 21.2. The Hall–Kier alpha value is -2.91. The summed E-state index contributed by atoms with van der Waals surface area (Å²) >= 11 is 0. The third-order valence-electron chi connectivity index (χ3n) is 10.2. The predicted octanol–water partition coefficient (Wildman–Crippen LogP) is 3.56. The number of aliphatic hydroxyl groups is 2. The Bertz CT molecular complexity index is 1230. The van der Waals surface area contributed by atoms with Crippen molar-refractivity contribution in [2.24, 2.45) is 28.6 Å². The van der Waals surface area contributed by atoms with E-state index in [4.69, 9.17) is 0 Å². The minimum atomic E-state index is -2.03. The van der Waals surface area contributed by atoms with Crippen LogP contribution >= 0.6 is 0 Å². The van der Waals surface area contributed by atoms with E-state index < -0.39 is 50.9 Å². The number of hydrogen-bond acceptors (Lipinski definition) is 6. The number of alkyl halides is 1. The number of carbonyl (C=O) groups excluding carboxylic acids is 2. The van der Waals surface area contributed by atoms with E-state index in [0.29, 0.717) is 30.4 Å². The summed E-state index contributed by atoms with van der Waals surface area (Å²) in [6.07, 6.45) is 4.27. The quantitative estimate of drug-likeness (QED) is 0.418. The number of hydrogen-bond donors (Lipinski definition) is 3. The average Bonchev–Trinajstić information content (AvgIpc) is 3.05. The van der Waals surface area contributed by atoms with Crippen molar-refractivity contribution in [2.45, 2.75) is 70.4 Å². The number of allylic oxidation sites excluding steroid dienone is 4. The van der Waals surface area contributed by atoms with Crippen molar-refractivity contribution in [1.82, 2.24) is 5.32 Å². The zero-order valence-electron chi connectivity index (χ0n) is 21.2. The van der Waals surface area contributed by atoms with Gasteiger partial charge in [-0.1, -0.05) is 37.6 Å². The zero-order chi connectivity index (χ0) is 27.0. The number of benzene rings is 1. The summed E-state index contributed by atoms with van der Waals surface area (Å²) in [6.45, 7) is 5.37. The van der Waals surface area contributed by atoms with Crippen molar-refractivity contribution in [3.05, 3.63) is 63.7 Å². The van der Waals surface area contributed by atoms with Gasteiger partial charge in [-0.05, 0) is 62.2 Å². The Morgan fingerprint density at radius 1 is 1.24 bits per heavy atom. The standard InChI is InChI=1S/C28H33FN2O6/c1-16-12-22-21-9-6-18-13-20(32)10-11-25(18,2)27(21,29)23(33)14-26(22,3)28(16,35)24(34)30-15-17-4-7-19(8-5-17)31(36)37/h4-5,7-8,10-11,13,16,21-23,33,35H,6,9,12,14-15H2,1-3H3,(H,30,34). The van der Waals surface area contributed by atoms with E-state index in [1.807, 2.05) is 0 Å². The molecule has 4 aliphatic rings. The van der Waals surface area contributed by atoms with Crippen molar-refractivity contribution in [3.63, 3.8) is 0 Å². The molecular weight excluding hydrogens is 479 g/mol. The first-order valence-electron chi connectivity index (χ1n) is 12.8. The number of ketones is 1. The first kappa shape index (κ1) is 25.7. The average molecular weight is 513 g/mol. The molecule has 3 saturated carbocycles. The molecule has 0 spiro atoms. The highest BCUT2D eigenvalue weighted by molar-refractivity contribution is 6.01. The highest BCUT2D eigenvalue weighted by Crippen LogP contribution is 2.70. The van der Waals surface area contributed by atoms with Crippen LogP contribution < -0.4 is 5.32 Å². The SMILES string of the molecule is CC1CC2C3CCC4=CC(=O)C=CC4(C)C3(F)C(O)CC2(C)C1(O)C(=O)NCc1ccc([N+](=O)[O-])cc1. The molecule has 0 bridgehead atoms. The Morgan fingerprint density at radius 3 is 2.57 bits per heavy atom. The van der Waals surface area contributed by atoms with Crippen LogP contribution in [0.15, 0.2) is 48.1 Å². The number of nitrogens with zero attached hydrogens (tertiary/aromatic N) is 1. The molecule has 37 heavy (non-hydrogen) atoms. The molecule has 0 aliphatic heterocycles. The monoisotopic (exact) mass is 512 g/mol. The van der Waals surface area contributed by atoms with Crippen molar-refractivity contribution in [1.29, 1.82) is 0 Å². The van der Waals surface area contributed by atoms with Gasteiger partial charge < -0.3 is 15.5 Å². The lowest BCUT2D eigenvalue weighted by Gasteiger charge is -2.62. The number of nitrogens with one attached hydrogen (secondary N) is 1. The largest absolute Gasteiger partial charge is 0.390 e. The molecule has 9 heteroatoms. The third kappa shape index (κ3) is 3.32. The molecule has 1 aromatic carbocycles. The summed E-state index contributed by atoms with van der Waals surface area (Å²) < 4.78 is 17.2. The Morgan fingerprint density at radius 2 is 1.92 bits per heavy atom. The lowest BCUT2D eigenvalue weighted by molar-refractivity contribution is -0.384. The van der Waals surface area contributed by atoms with Crippen LogP contribution in [0.25, 0.3) is 0 Å². The summed E-state index contributed by atoms with van der Waals surface area (Å²) in [4.78, 5) is 35.9. The van der Waals surface area contributed by atoms with Crippen LogP contribution in [0.2, 0.25) is 0 Å². The third-order valence-corrected chi connectivity index (χ3v) is 10.2. The fourth-order valence-corrected chi connectivity index (χ4v) is 8.08. The topological polar surface area (TPSA) is 130 Å². The van der Waals surface area contributed by atoms with E-state index >= 15 is 4.39 Å². The van der Waals surface area contributed by atoms with E-state index in [0.717, 1.165) is 0 Å². The molecule has 0 aromatic heterocycles. The molecule has 1 amide bonds. The van der Waals surface area contributed by atoms with E-state index in [2.05, 4.69) is 5.32 Å². The Kier molecular flexibility index (Phi) is 5.77. The van der Waals surface area contributed by atoms with Crippen LogP contribution in [-0.2, 0) is 16.1 Å². The molecule has 8 atom stereocenters. The van der Waals surface area contributed by atoms with Crippen molar-refractivity contribution < 1.29 is 29.1 Å². The second-order valence-corrected chi connectivity index (χ2v) is 11.8. The van der Waals surface area contributed by atoms with Gasteiger partial charge in [0.25, 0.3) is 11.6 Å². The number of aliphatic hydroxyl groups excluding tert-OH is 1. The number of non-ortho nitro benzene ring substituents is 1. The number of nitro groups is 1. The van der Waals surface area contributed by atoms with Gasteiger partial charge in [-0.15, -0.1) is 0 Å². The predicted molar refractivity (Wildman–Crippen MR) is 133 cm³/mol. The Labute approximate surface area is 214 Å². The van der Waals surface area contributed by atoms with Gasteiger partial charge in [0.15, 0.2) is 17.1 Å². The summed E-state index contributed by atoms with van der Waals surface area (Å²) in [5, 5.41) is 37.1. The second kappa shape index (κ2) is 8.30. The van der Waals surface area contributed by atoms with E-state index in [-0.39, 0.29) is 30.4 Å². The van der Waals surface area contributed by atoms with Gasteiger partial charge in [-0.2, -0.15) is 0 Å². The van der Waals surface area contributed by atoms with Crippen LogP contribution in [0.5, 0.6) is 0 Å². The van der Waals surface area contributed by atoms with Gasteiger partial charge >= 0.3 is 0 Å².